The van der Waals surface area contributed by atoms with Gasteiger partial charge in [0.05, 0.1) is 0 Å². The van der Waals surface area contributed by atoms with Crippen LogP contribution in [0.15, 0.2) is 53.3 Å². The lowest BCUT2D eigenvalue weighted by atomic mass is 9.97. The molecule has 1 amide bonds. The van der Waals surface area contributed by atoms with Crippen molar-refractivity contribution in [3.05, 3.63) is 60.3 Å². The van der Waals surface area contributed by atoms with E-state index in [9.17, 15) is 4.79 Å². The van der Waals surface area contributed by atoms with Gasteiger partial charge in [-0.1, -0.05) is 35.5 Å². The van der Waals surface area contributed by atoms with Gasteiger partial charge >= 0.3 is 0 Å². The van der Waals surface area contributed by atoms with Crippen LogP contribution < -0.4 is 0 Å². The van der Waals surface area contributed by atoms with Crippen LogP contribution in [0.3, 0.4) is 0 Å². The molecule has 1 unspecified atom stereocenters. The molecular weight excluding hydrogens is 340 g/mol. The maximum absolute atomic E-state index is 13.1. The molecule has 1 fully saturated rings. The monoisotopic (exact) mass is 364 g/mol. The maximum Gasteiger partial charge on any atom is 0.276 e. The number of aromatic nitrogens is 3. The van der Waals surface area contributed by atoms with E-state index in [1.54, 1.807) is 6.07 Å². The molecular formula is C21H24N4O2. The summed E-state index contributed by atoms with van der Waals surface area (Å²) in [6.45, 7) is 0.775. The fourth-order valence-corrected chi connectivity index (χ4v) is 3.76. The molecule has 0 aliphatic carbocycles. The molecule has 6 nitrogen and oxygen atoms in total. The number of rotatable bonds is 5. The minimum Gasteiger partial charge on any atom is -0.355 e. The van der Waals surface area contributed by atoms with Crippen molar-refractivity contribution in [2.75, 3.05) is 6.54 Å². The average Bonchev–Trinajstić information content (AvgIpc) is 3.36. The summed E-state index contributed by atoms with van der Waals surface area (Å²) in [6, 6.07) is 11.7. The molecule has 1 aromatic carbocycles. The van der Waals surface area contributed by atoms with Crippen LogP contribution in [0.1, 0.15) is 42.0 Å². The molecule has 1 atom stereocenters. The van der Waals surface area contributed by atoms with Crippen molar-refractivity contribution in [2.45, 2.75) is 38.1 Å². The predicted octanol–water partition coefficient (Wildman–Crippen LogP) is 3.70. The zero-order valence-electron chi connectivity index (χ0n) is 15.5. The van der Waals surface area contributed by atoms with Crippen LogP contribution in [-0.2, 0) is 13.5 Å². The van der Waals surface area contributed by atoms with Crippen molar-refractivity contribution in [3.8, 4) is 11.3 Å². The van der Waals surface area contributed by atoms with Gasteiger partial charge in [-0.25, -0.2) is 4.98 Å². The van der Waals surface area contributed by atoms with Gasteiger partial charge in [-0.2, -0.15) is 0 Å². The minimum absolute atomic E-state index is 0.0366. The van der Waals surface area contributed by atoms with E-state index in [4.69, 9.17) is 4.52 Å². The van der Waals surface area contributed by atoms with Crippen molar-refractivity contribution < 1.29 is 9.32 Å². The first-order valence-electron chi connectivity index (χ1n) is 9.51. The summed E-state index contributed by atoms with van der Waals surface area (Å²) < 4.78 is 7.46. The summed E-state index contributed by atoms with van der Waals surface area (Å²) in [5, 5.41) is 4.04. The van der Waals surface area contributed by atoms with E-state index in [0.717, 1.165) is 50.0 Å². The number of hydrogen-bond acceptors (Lipinski definition) is 4. The lowest BCUT2D eigenvalue weighted by Gasteiger charge is -2.35. The molecule has 1 saturated heterocycles. The normalized spacial score (nSPS) is 17.2. The van der Waals surface area contributed by atoms with Crippen LogP contribution in [0.25, 0.3) is 11.3 Å². The van der Waals surface area contributed by atoms with Gasteiger partial charge in [0.2, 0.25) is 0 Å². The third-order valence-electron chi connectivity index (χ3n) is 5.30. The van der Waals surface area contributed by atoms with E-state index in [0.29, 0.717) is 11.5 Å². The zero-order chi connectivity index (χ0) is 18.6. The van der Waals surface area contributed by atoms with Crippen LogP contribution in [0.4, 0.5) is 0 Å². The van der Waals surface area contributed by atoms with Crippen LogP contribution in [0.2, 0.25) is 0 Å². The van der Waals surface area contributed by atoms with Gasteiger partial charge in [0.25, 0.3) is 5.91 Å². The Morgan fingerprint density at radius 2 is 2.11 bits per heavy atom. The molecule has 4 rings (SSSR count). The smallest absolute Gasteiger partial charge is 0.276 e. The van der Waals surface area contributed by atoms with E-state index < -0.39 is 0 Å². The van der Waals surface area contributed by atoms with Gasteiger partial charge in [0, 0.05) is 50.1 Å². The van der Waals surface area contributed by atoms with Crippen LogP contribution in [-0.4, -0.2) is 38.1 Å². The summed E-state index contributed by atoms with van der Waals surface area (Å²) in [4.78, 5) is 19.4. The fraction of sp³-hybridized carbons (Fsp3) is 0.381. The SMILES string of the molecule is Cn1ccnc1CCC1CCCCN1C(=O)c1cc(-c2ccccc2)on1. The molecule has 0 saturated carbocycles. The average molecular weight is 364 g/mol. The quantitative estimate of drug-likeness (QED) is 0.692. The molecule has 6 heteroatoms. The molecule has 1 aliphatic heterocycles. The number of carbonyl (C=O) groups excluding carboxylic acids is 1. The number of hydrogen-bond donors (Lipinski definition) is 0. The molecule has 2 aromatic heterocycles. The largest absolute Gasteiger partial charge is 0.355 e. The van der Waals surface area contributed by atoms with Gasteiger partial charge in [-0.3, -0.25) is 4.79 Å². The van der Waals surface area contributed by atoms with E-state index in [1.165, 1.54) is 0 Å². The Bertz CT molecular complexity index is 900. The Morgan fingerprint density at radius 1 is 1.26 bits per heavy atom. The van der Waals surface area contributed by atoms with Gasteiger partial charge in [-0.05, 0) is 25.7 Å². The van der Waals surface area contributed by atoms with E-state index >= 15 is 0 Å². The Hall–Kier alpha value is -2.89. The van der Waals surface area contributed by atoms with E-state index in [1.807, 2.05) is 59.2 Å². The van der Waals surface area contributed by atoms with E-state index in [2.05, 4.69) is 10.1 Å². The zero-order valence-corrected chi connectivity index (χ0v) is 15.5. The highest BCUT2D eigenvalue weighted by atomic mass is 16.5. The number of imidazole rings is 1. The summed E-state index contributed by atoms with van der Waals surface area (Å²) in [6.07, 6.45) is 8.78. The van der Waals surface area contributed by atoms with Crippen molar-refractivity contribution >= 4 is 5.91 Å². The van der Waals surface area contributed by atoms with Crippen molar-refractivity contribution in [1.82, 2.24) is 19.6 Å². The first kappa shape index (κ1) is 17.5. The van der Waals surface area contributed by atoms with Crippen LogP contribution >= 0.6 is 0 Å². The highest BCUT2D eigenvalue weighted by molar-refractivity contribution is 5.93. The molecule has 3 aromatic rings. The van der Waals surface area contributed by atoms with E-state index in [-0.39, 0.29) is 11.9 Å². The second-order valence-electron chi connectivity index (χ2n) is 7.08. The van der Waals surface area contributed by atoms with Crippen molar-refractivity contribution in [1.29, 1.82) is 0 Å². The van der Waals surface area contributed by atoms with Gasteiger partial charge < -0.3 is 14.0 Å². The number of piperidine rings is 1. The lowest BCUT2D eigenvalue weighted by molar-refractivity contribution is 0.0590. The number of aryl methyl sites for hydroxylation is 2. The van der Waals surface area contributed by atoms with Crippen LogP contribution in [0.5, 0.6) is 0 Å². The molecule has 1 aliphatic rings. The summed E-state index contributed by atoms with van der Waals surface area (Å²) in [5.41, 5.74) is 1.31. The number of amides is 1. The molecule has 3 heterocycles. The second kappa shape index (κ2) is 7.78. The predicted molar refractivity (Wildman–Crippen MR) is 102 cm³/mol. The first-order chi connectivity index (χ1) is 13.2. The number of likely N-dealkylation sites (tertiary alicyclic amines) is 1. The molecule has 140 valence electrons. The lowest BCUT2D eigenvalue weighted by Crippen LogP contribution is -2.44. The number of nitrogens with zero attached hydrogens (tertiary/aromatic N) is 4. The fourth-order valence-electron chi connectivity index (χ4n) is 3.76. The second-order valence-corrected chi connectivity index (χ2v) is 7.08. The van der Waals surface area contributed by atoms with Crippen molar-refractivity contribution in [3.63, 3.8) is 0 Å². The third-order valence-corrected chi connectivity index (χ3v) is 5.30. The van der Waals surface area contributed by atoms with Gasteiger partial charge in [-0.15, -0.1) is 0 Å². The maximum atomic E-state index is 13.1. The Kier molecular flexibility index (Phi) is 5.05. The van der Waals surface area contributed by atoms with Crippen molar-refractivity contribution in [2.24, 2.45) is 7.05 Å². The Labute approximate surface area is 158 Å². The summed E-state index contributed by atoms with van der Waals surface area (Å²) >= 11 is 0. The highest BCUT2D eigenvalue weighted by Crippen LogP contribution is 2.25. The standard InChI is InChI=1S/C21H24N4O2/c1-24-14-12-22-20(24)11-10-17-9-5-6-13-25(17)21(26)18-15-19(27-23-18)16-7-3-2-4-8-16/h2-4,7-8,12,14-15,17H,5-6,9-11,13H2,1H3. The molecule has 27 heavy (non-hydrogen) atoms. The minimum atomic E-state index is -0.0366. The highest BCUT2D eigenvalue weighted by Gasteiger charge is 2.29. The molecule has 0 bridgehead atoms. The Balaban J connectivity index is 1.47. The Morgan fingerprint density at radius 3 is 2.89 bits per heavy atom. The third kappa shape index (κ3) is 3.79. The first-order valence-corrected chi connectivity index (χ1v) is 9.51. The topological polar surface area (TPSA) is 64.2 Å². The number of benzene rings is 1. The summed E-state index contributed by atoms with van der Waals surface area (Å²) in [5.74, 6) is 1.65. The number of carbonyl (C=O) groups is 1. The molecule has 0 spiro atoms. The van der Waals surface area contributed by atoms with Gasteiger partial charge in [0.1, 0.15) is 5.82 Å². The van der Waals surface area contributed by atoms with Crippen LogP contribution in [0, 0.1) is 0 Å². The molecule has 0 radical (unpaired) electrons. The van der Waals surface area contributed by atoms with Gasteiger partial charge in [0.15, 0.2) is 11.5 Å². The summed E-state index contributed by atoms with van der Waals surface area (Å²) in [7, 11) is 2.01. The molecule has 0 N–H and O–H groups in total.